The van der Waals surface area contributed by atoms with Gasteiger partial charge in [0, 0.05) is 43.9 Å². The smallest absolute Gasteiger partial charge is 0.164 e. The number of aromatic nitrogens is 4. The van der Waals surface area contributed by atoms with E-state index >= 15 is 0 Å². The van der Waals surface area contributed by atoms with Crippen molar-refractivity contribution in [3.63, 3.8) is 0 Å². The van der Waals surface area contributed by atoms with Crippen LogP contribution in [-0.2, 0) is 6.42 Å². The average molecular weight is 939 g/mol. The Bertz CT molecular complexity index is 4150. The van der Waals surface area contributed by atoms with Crippen LogP contribution in [0.5, 0.6) is 0 Å². The minimum Gasteiger partial charge on any atom is -0.456 e. The van der Waals surface area contributed by atoms with Crippen LogP contribution in [0.1, 0.15) is 36.0 Å². The summed E-state index contributed by atoms with van der Waals surface area (Å²) in [7, 11) is 0. The highest BCUT2D eigenvalue weighted by molar-refractivity contribution is 6.12. The van der Waals surface area contributed by atoms with E-state index in [1.54, 1.807) is 0 Å². The molecule has 0 saturated heterocycles. The van der Waals surface area contributed by atoms with Crippen LogP contribution >= 0.6 is 0 Å². The molecule has 10 aromatic carbocycles. The lowest BCUT2D eigenvalue weighted by atomic mass is 9.85. The Hall–Kier alpha value is -9.19. The van der Waals surface area contributed by atoms with Gasteiger partial charge in [0.2, 0.25) is 0 Å². The molecule has 0 N–H and O–H groups in total. The Labute approximate surface area is 424 Å². The van der Waals surface area contributed by atoms with E-state index in [1.807, 2.05) is 24.3 Å². The van der Waals surface area contributed by atoms with Gasteiger partial charge in [-0.3, -0.25) is 0 Å². The third-order valence-corrected chi connectivity index (χ3v) is 14.7. The van der Waals surface area contributed by atoms with E-state index in [9.17, 15) is 0 Å². The third kappa shape index (κ3) is 8.05. The van der Waals surface area contributed by atoms with E-state index in [4.69, 9.17) is 19.4 Å². The van der Waals surface area contributed by atoms with Crippen molar-refractivity contribution < 1.29 is 4.42 Å². The SMILES string of the molecule is CCC(Cc1ccccc1-c1ccc2c3ccccc3n(-c3cccc(-c4nc(-c5ccc(-c6ccccc6)cc5)nc(-c5ccc6c(c5)oc5ccccc56)n4)c3)c2c1C)c1ccc(-c2ccccc2)cc1. The molecule has 73 heavy (non-hydrogen) atoms. The van der Waals surface area contributed by atoms with E-state index in [1.165, 1.54) is 55.2 Å². The molecule has 1 atom stereocenters. The quantitative estimate of drug-likeness (QED) is 0.130. The minimum atomic E-state index is 0.377. The molecule has 1 unspecified atom stereocenters. The van der Waals surface area contributed by atoms with Crippen LogP contribution < -0.4 is 0 Å². The second-order valence-corrected chi connectivity index (χ2v) is 19.1. The van der Waals surface area contributed by atoms with Crippen molar-refractivity contribution in [3.8, 4) is 73.2 Å². The summed E-state index contributed by atoms with van der Waals surface area (Å²) in [6.07, 6.45) is 1.99. The molecule has 0 aliphatic carbocycles. The van der Waals surface area contributed by atoms with E-state index in [0.717, 1.165) is 73.8 Å². The molecule has 348 valence electrons. The Balaban J connectivity index is 0.913. The zero-order valence-corrected chi connectivity index (χ0v) is 40.7. The van der Waals surface area contributed by atoms with Gasteiger partial charge in [0.05, 0.1) is 11.0 Å². The van der Waals surface area contributed by atoms with Gasteiger partial charge in [0.1, 0.15) is 11.2 Å². The summed E-state index contributed by atoms with van der Waals surface area (Å²) in [4.78, 5) is 15.7. The predicted molar refractivity (Wildman–Crippen MR) is 302 cm³/mol. The molecule has 3 heterocycles. The molecule has 5 heteroatoms. The topological polar surface area (TPSA) is 56.7 Å². The van der Waals surface area contributed by atoms with Crippen molar-refractivity contribution in [1.82, 2.24) is 19.5 Å². The fourth-order valence-corrected chi connectivity index (χ4v) is 10.9. The largest absolute Gasteiger partial charge is 0.456 e. The summed E-state index contributed by atoms with van der Waals surface area (Å²) in [5.41, 5.74) is 18.9. The van der Waals surface area contributed by atoms with Crippen molar-refractivity contribution >= 4 is 43.7 Å². The first-order valence-electron chi connectivity index (χ1n) is 25.3. The minimum absolute atomic E-state index is 0.377. The molecule has 5 nitrogen and oxygen atoms in total. The number of hydrogen-bond acceptors (Lipinski definition) is 4. The molecule has 13 rings (SSSR count). The van der Waals surface area contributed by atoms with Crippen molar-refractivity contribution in [2.75, 3.05) is 0 Å². The van der Waals surface area contributed by atoms with E-state index in [-0.39, 0.29) is 0 Å². The fourth-order valence-electron chi connectivity index (χ4n) is 10.9. The Kier molecular flexibility index (Phi) is 11.1. The summed E-state index contributed by atoms with van der Waals surface area (Å²) in [5.74, 6) is 2.14. The van der Waals surface area contributed by atoms with Gasteiger partial charge in [-0.1, -0.05) is 207 Å². The monoisotopic (exact) mass is 938 g/mol. The molecule has 0 aliphatic rings. The maximum atomic E-state index is 6.36. The number of aryl methyl sites for hydroxylation is 1. The number of rotatable bonds is 11. The molecule has 0 spiro atoms. The molecule has 0 bridgehead atoms. The van der Waals surface area contributed by atoms with Crippen LogP contribution in [0.3, 0.4) is 0 Å². The second-order valence-electron chi connectivity index (χ2n) is 19.1. The van der Waals surface area contributed by atoms with Gasteiger partial charge in [0.15, 0.2) is 17.5 Å². The highest BCUT2D eigenvalue weighted by Gasteiger charge is 2.21. The average Bonchev–Trinajstić information content (AvgIpc) is 4.01. The number of nitrogens with zero attached hydrogens (tertiary/aromatic N) is 4. The number of para-hydroxylation sites is 2. The summed E-state index contributed by atoms with van der Waals surface area (Å²) in [6.45, 7) is 4.60. The lowest BCUT2D eigenvalue weighted by molar-refractivity contribution is 0.661. The lowest BCUT2D eigenvalue weighted by Crippen LogP contribution is -2.04. The molecule has 0 aliphatic heterocycles. The zero-order chi connectivity index (χ0) is 48.8. The van der Waals surface area contributed by atoms with Crippen LogP contribution in [-0.4, -0.2) is 19.5 Å². The Morgan fingerprint density at radius 2 is 0.945 bits per heavy atom. The highest BCUT2D eigenvalue weighted by Crippen LogP contribution is 2.41. The molecule has 0 fully saturated rings. The number of fused-ring (bicyclic) bond motifs is 6. The lowest BCUT2D eigenvalue weighted by Gasteiger charge is -2.20. The third-order valence-electron chi connectivity index (χ3n) is 14.7. The molecule has 0 saturated carbocycles. The Morgan fingerprint density at radius 3 is 1.67 bits per heavy atom. The van der Waals surface area contributed by atoms with Gasteiger partial charge in [0.25, 0.3) is 0 Å². The van der Waals surface area contributed by atoms with E-state index < -0.39 is 0 Å². The first kappa shape index (κ1) is 43.8. The van der Waals surface area contributed by atoms with Crippen LogP contribution in [0.15, 0.2) is 241 Å². The van der Waals surface area contributed by atoms with Gasteiger partial charge in [-0.15, -0.1) is 0 Å². The fraction of sp³-hybridized carbons (Fsp3) is 0.0735. The maximum absolute atomic E-state index is 6.36. The highest BCUT2D eigenvalue weighted by atomic mass is 16.3. The van der Waals surface area contributed by atoms with Crippen LogP contribution in [0, 0.1) is 6.92 Å². The normalized spacial score (nSPS) is 12.0. The van der Waals surface area contributed by atoms with Crippen LogP contribution in [0.2, 0.25) is 0 Å². The molecule has 0 radical (unpaired) electrons. The van der Waals surface area contributed by atoms with Crippen molar-refractivity contribution in [3.05, 3.63) is 253 Å². The van der Waals surface area contributed by atoms with Gasteiger partial charge < -0.3 is 8.98 Å². The van der Waals surface area contributed by atoms with Gasteiger partial charge in [-0.05, 0) is 112 Å². The predicted octanol–water partition coefficient (Wildman–Crippen LogP) is 17.9. The first-order chi connectivity index (χ1) is 36.0. The van der Waals surface area contributed by atoms with Crippen molar-refractivity contribution in [1.29, 1.82) is 0 Å². The number of furan rings is 1. The molecule has 13 aromatic rings. The van der Waals surface area contributed by atoms with Crippen LogP contribution in [0.25, 0.3) is 117 Å². The van der Waals surface area contributed by atoms with Crippen LogP contribution in [0.4, 0.5) is 0 Å². The number of benzene rings is 10. The molecule has 3 aromatic heterocycles. The van der Waals surface area contributed by atoms with E-state index in [0.29, 0.717) is 23.4 Å². The molecular formula is C68H50N4O. The maximum Gasteiger partial charge on any atom is 0.164 e. The van der Waals surface area contributed by atoms with Crippen molar-refractivity contribution in [2.45, 2.75) is 32.6 Å². The summed E-state index contributed by atoms with van der Waals surface area (Å²) < 4.78 is 8.79. The Morgan fingerprint density at radius 1 is 0.411 bits per heavy atom. The second kappa shape index (κ2) is 18.5. The van der Waals surface area contributed by atoms with Gasteiger partial charge in [-0.25, -0.2) is 15.0 Å². The number of hydrogen-bond donors (Lipinski definition) is 0. The van der Waals surface area contributed by atoms with Crippen molar-refractivity contribution in [2.24, 2.45) is 0 Å². The standard InChI is InChI=1S/C68H50N4O/c1-3-45(48-29-31-49(32-30-48)46-17-6-4-7-18-46)41-52-21-10-11-24-57(52)56-39-40-61-58-25-12-14-27-62(58)72(65(61)44(56)2)55-23-16-22-53(42-55)67-69-66(51-35-33-50(34-36-51)47-19-8-5-9-20-47)70-68(71-67)54-37-38-60-59-26-13-15-28-63(59)73-64(60)43-54/h4-40,42-43,45H,3,41H2,1-2H3. The van der Waals surface area contributed by atoms with Gasteiger partial charge >= 0.3 is 0 Å². The molecule has 0 amide bonds. The summed E-state index contributed by atoms with van der Waals surface area (Å²) in [6, 6.07) is 84.2. The summed E-state index contributed by atoms with van der Waals surface area (Å²) >= 11 is 0. The first-order valence-corrected chi connectivity index (χ1v) is 25.3. The van der Waals surface area contributed by atoms with E-state index in [2.05, 4.69) is 231 Å². The van der Waals surface area contributed by atoms with Gasteiger partial charge in [-0.2, -0.15) is 0 Å². The zero-order valence-electron chi connectivity index (χ0n) is 40.7. The molecular weight excluding hydrogens is 889 g/mol. The summed E-state index contributed by atoms with van der Waals surface area (Å²) in [5, 5.41) is 4.57.